The van der Waals surface area contributed by atoms with Crippen molar-refractivity contribution in [2.45, 2.75) is 30.7 Å². The molecular weight excluding hydrogens is 444 g/mol. The van der Waals surface area contributed by atoms with Crippen LogP contribution < -0.4 is 4.74 Å². The van der Waals surface area contributed by atoms with Gasteiger partial charge in [0.15, 0.2) is 0 Å². The quantitative estimate of drug-likeness (QED) is 0.475. The Morgan fingerprint density at radius 1 is 0.912 bits per heavy atom. The number of hydrogen-bond donors (Lipinski definition) is 0. The van der Waals surface area contributed by atoms with Gasteiger partial charge in [-0.3, -0.25) is 5.01 Å². The smallest absolute Gasteiger partial charge is 0.281 e. The Hall–Kier alpha value is -3.51. The lowest BCUT2D eigenvalue weighted by molar-refractivity contribution is 0.139. The summed E-state index contributed by atoms with van der Waals surface area (Å²) in [7, 11) is -2.23. The maximum Gasteiger partial charge on any atom is 0.281 e. The lowest BCUT2D eigenvalue weighted by Gasteiger charge is -2.40. The maximum absolute atomic E-state index is 14.2. The molecule has 0 radical (unpaired) electrons. The molecule has 5 nitrogen and oxygen atoms in total. The van der Waals surface area contributed by atoms with Crippen LogP contribution in [-0.2, 0) is 10.0 Å². The van der Waals surface area contributed by atoms with E-state index in [0.717, 1.165) is 46.5 Å². The average molecular weight is 471 g/mol. The third-order valence-corrected chi connectivity index (χ3v) is 8.49. The summed E-state index contributed by atoms with van der Waals surface area (Å²) in [5.41, 5.74) is 5.86. The van der Waals surface area contributed by atoms with Crippen LogP contribution in [0.1, 0.15) is 41.1 Å². The molecule has 1 atom stereocenters. The van der Waals surface area contributed by atoms with Gasteiger partial charge in [0.2, 0.25) is 0 Å². The normalized spacial score (nSPS) is 19.3. The van der Waals surface area contributed by atoms with E-state index in [2.05, 4.69) is 24.3 Å². The second kappa shape index (κ2) is 7.77. The third-order valence-electron chi connectivity index (χ3n) is 6.79. The Morgan fingerprint density at radius 3 is 2.29 bits per heavy atom. The van der Waals surface area contributed by atoms with Gasteiger partial charge in [0.25, 0.3) is 10.0 Å². The van der Waals surface area contributed by atoms with Gasteiger partial charge < -0.3 is 4.74 Å². The summed E-state index contributed by atoms with van der Waals surface area (Å²) >= 11 is 0. The molecule has 34 heavy (non-hydrogen) atoms. The fourth-order valence-corrected chi connectivity index (χ4v) is 6.38. The van der Waals surface area contributed by atoms with Crippen molar-refractivity contribution >= 4 is 21.8 Å². The molecule has 0 amide bonds. The molecule has 1 unspecified atom stereocenters. The average Bonchev–Trinajstić information content (AvgIpc) is 3.62. The van der Waals surface area contributed by atoms with E-state index >= 15 is 0 Å². The minimum Gasteiger partial charge on any atom is -0.497 e. The van der Waals surface area contributed by atoms with E-state index < -0.39 is 10.0 Å². The second-order valence-electron chi connectivity index (χ2n) is 9.10. The molecule has 0 saturated heterocycles. The second-order valence-corrected chi connectivity index (χ2v) is 10.9. The number of rotatable bonds is 5. The number of allylic oxidation sites excluding steroid dienone is 1. The van der Waals surface area contributed by atoms with E-state index in [9.17, 15) is 8.42 Å². The van der Waals surface area contributed by atoms with Crippen LogP contribution in [-0.4, -0.2) is 25.0 Å². The first-order chi connectivity index (χ1) is 16.5. The van der Waals surface area contributed by atoms with Gasteiger partial charge in [-0.1, -0.05) is 42.0 Å². The van der Waals surface area contributed by atoms with Crippen molar-refractivity contribution in [1.29, 1.82) is 0 Å². The number of hydrogen-bond acceptors (Lipinski definition) is 4. The fourth-order valence-electron chi connectivity index (χ4n) is 4.84. The van der Waals surface area contributed by atoms with Crippen molar-refractivity contribution in [3.05, 3.63) is 107 Å². The molecule has 3 aliphatic rings. The molecule has 3 aromatic carbocycles. The zero-order valence-corrected chi connectivity index (χ0v) is 20.0. The standard InChI is InChI=1S/C28H26N2O3S/c1-19-7-15-24(16-8-19)34(31,32)30-27(21-11-13-23(33-2)14-12-21)18-28-25-6-4-3-5-22(25)17-26(29(28)30)20-9-10-20/h3-8,11-18,20,28H,9-10H2,1-2H3. The fraction of sp³-hybridized carbons (Fsp3) is 0.214. The van der Waals surface area contributed by atoms with Gasteiger partial charge in [-0.05, 0) is 79.4 Å². The highest BCUT2D eigenvalue weighted by Gasteiger charge is 2.47. The van der Waals surface area contributed by atoms with Crippen LogP contribution in [0, 0.1) is 12.8 Å². The van der Waals surface area contributed by atoms with Gasteiger partial charge in [0.1, 0.15) is 5.75 Å². The van der Waals surface area contributed by atoms with E-state index in [4.69, 9.17) is 4.74 Å². The lowest BCUT2D eigenvalue weighted by atomic mass is 9.94. The molecule has 6 heteroatoms. The van der Waals surface area contributed by atoms with Crippen LogP contribution in [0.4, 0.5) is 0 Å². The molecule has 3 aromatic rings. The Bertz CT molecular complexity index is 1420. The summed E-state index contributed by atoms with van der Waals surface area (Å²) in [5, 5.41) is 2.01. The van der Waals surface area contributed by atoms with Crippen LogP contribution in [0.2, 0.25) is 0 Å². The zero-order valence-electron chi connectivity index (χ0n) is 19.2. The number of ether oxygens (including phenoxy) is 1. The van der Waals surface area contributed by atoms with Crippen molar-refractivity contribution in [3.8, 4) is 5.75 Å². The topological polar surface area (TPSA) is 49.9 Å². The molecule has 0 spiro atoms. The van der Waals surface area contributed by atoms with Crippen LogP contribution in [0.3, 0.4) is 0 Å². The van der Waals surface area contributed by atoms with E-state index in [1.807, 2.05) is 60.5 Å². The Labute approximate surface area is 200 Å². The monoisotopic (exact) mass is 470 g/mol. The number of sulfonamides is 1. The minimum atomic E-state index is -3.86. The molecule has 1 aliphatic carbocycles. The Kier molecular flexibility index (Phi) is 4.81. The summed E-state index contributed by atoms with van der Waals surface area (Å²) in [6.45, 7) is 1.96. The number of hydrazine groups is 1. The summed E-state index contributed by atoms with van der Waals surface area (Å²) in [4.78, 5) is 0.284. The van der Waals surface area contributed by atoms with E-state index in [0.29, 0.717) is 11.6 Å². The van der Waals surface area contributed by atoms with Crippen LogP contribution >= 0.6 is 0 Å². The highest BCUT2D eigenvalue weighted by atomic mass is 32.2. The lowest BCUT2D eigenvalue weighted by Crippen LogP contribution is -2.43. The van der Waals surface area contributed by atoms with Gasteiger partial charge in [-0.15, -0.1) is 0 Å². The number of methoxy groups -OCH3 is 1. The van der Waals surface area contributed by atoms with Crippen molar-refractivity contribution in [1.82, 2.24) is 9.42 Å². The molecule has 0 aromatic heterocycles. The predicted octanol–water partition coefficient (Wildman–Crippen LogP) is 5.77. The third kappa shape index (κ3) is 3.32. The first-order valence-corrected chi connectivity index (χ1v) is 13.0. The first kappa shape index (κ1) is 21.1. The van der Waals surface area contributed by atoms with Crippen LogP contribution in [0.5, 0.6) is 5.75 Å². The summed E-state index contributed by atoms with van der Waals surface area (Å²) in [6, 6.07) is 22.8. The molecule has 6 rings (SSSR count). The van der Waals surface area contributed by atoms with Gasteiger partial charge in [0, 0.05) is 17.2 Å². The molecule has 2 heterocycles. The van der Waals surface area contributed by atoms with E-state index in [1.54, 1.807) is 19.2 Å². The first-order valence-electron chi connectivity index (χ1n) is 11.6. The van der Waals surface area contributed by atoms with E-state index in [-0.39, 0.29) is 10.9 Å². The Morgan fingerprint density at radius 2 is 1.62 bits per heavy atom. The number of fused-ring (bicyclic) bond motifs is 3. The van der Waals surface area contributed by atoms with Crippen LogP contribution in [0.25, 0.3) is 11.8 Å². The largest absolute Gasteiger partial charge is 0.497 e. The Balaban J connectivity index is 1.56. The molecule has 0 N–H and O–H groups in total. The summed E-state index contributed by atoms with van der Waals surface area (Å²) < 4.78 is 35.3. The van der Waals surface area contributed by atoms with Crippen molar-refractivity contribution in [2.24, 2.45) is 5.92 Å². The molecule has 1 saturated carbocycles. The summed E-state index contributed by atoms with van der Waals surface area (Å²) in [5.74, 6) is 1.10. The zero-order chi connectivity index (χ0) is 23.4. The highest BCUT2D eigenvalue weighted by molar-refractivity contribution is 7.89. The summed E-state index contributed by atoms with van der Waals surface area (Å²) in [6.07, 6.45) is 6.41. The molecule has 172 valence electrons. The van der Waals surface area contributed by atoms with Crippen molar-refractivity contribution in [3.63, 3.8) is 0 Å². The number of benzene rings is 3. The highest BCUT2D eigenvalue weighted by Crippen LogP contribution is 2.52. The molecule has 1 fully saturated rings. The van der Waals surface area contributed by atoms with Gasteiger partial charge in [-0.25, -0.2) is 0 Å². The van der Waals surface area contributed by atoms with Crippen molar-refractivity contribution in [2.75, 3.05) is 7.11 Å². The minimum absolute atomic E-state index is 0.186. The van der Waals surface area contributed by atoms with E-state index in [1.165, 1.54) is 4.41 Å². The number of nitrogens with zero attached hydrogens (tertiary/aromatic N) is 2. The SMILES string of the molecule is COc1ccc(C2=CC3c4ccccc4C=C(C4CC4)N3N2S(=O)(=O)c2ccc(C)cc2)cc1. The van der Waals surface area contributed by atoms with Crippen LogP contribution in [0.15, 0.2) is 89.5 Å². The number of aryl methyl sites for hydroxylation is 1. The molecule has 2 aliphatic heterocycles. The molecule has 0 bridgehead atoms. The van der Waals surface area contributed by atoms with Crippen molar-refractivity contribution < 1.29 is 13.2 Å². The van der Waals surface area contributed by atoms with Gasteiger partial charge in [-0.2, -0.15) is 12.8 Å². The van der Waals surface area contributed by atoms with Gasteiger partial charge in [0.05, 0.1) is 23.7 Å². The molecular formula is C28H26N2O3S. The van der Waals surface area contributed by atoms with Gasteiger partial charge >= 0.3 is 0 Å². The maximum atomic E-state index is 14.2. The predicted molar refractivity (Wildman–Crippen MR) is 133 cm³/mol.